The first kappa shape index (κ1) is 30.3. The van der Waals surface area contributed by atoms with E-state index in [1.807, 2.05) is 14.0 Å². The van der Waals surface area contributed by atoms with Gasteiger partial charge in [0.15, 0.2) is 5.82 Å². The molecule has 0 radical (unpaired) electrons. The largest absolute Gasteiger partial charge is 0.508 e. The maximum atomic E-state index is 17.0. The average molecular weight is 633 g/mol. The summed E-state index contributed by atoms with van der Waals surface area (Å²) in [6, 6.07) is 5.71. The molecular formula is C34H35F3N6O3. The van der Waals surface area contributed by atoms with Crippen LogP contribution >= 0.6 is 0 Å². The fourth-order valence-electron chi connectivity index (χ4n) is 7.29. The molecule has 5 heterocycles. The molecule has 3 aliphatic heterocycles. The van der Waals surface area contributed by atoms with E-state index in [1.54, 1.807) is 0 Å². The fraction of sp³-hybridized carbons (Fsp3) is 0.441. The highest BCUT2D eigenvalue weighted by Gasteiger charge is 2.41. The minimum absolute atomic E-state index is 0.0189. The van der Waals surface area contributed by atoms with Crippen LogP contribution in [0.2, 0.25) is 0 Å². The van der Waals surface area contributed by atoms with Crippen LogP contribution in [-0.2, 0) is 0 Å². The molecule has 0 unspecified atom stereocenters. The lowest BCUT2D eigenvalue weighted by atomic mass is 9.81. The number of halogens is 3. The topological polar surface area (TPSA) is 95.9 Å². The van der Waals surface area contributed by atoms with Gasteiger partial charge in [0.25, 0.3) is 0 Å². The highest BCUT2D eigenvalue weighted by molar-refractivity contribution is 6.04. The third-order valence-corrected chi connectivity index (χ3v) is 9.56. The molecule has 12 heteroatoms. The number of nitrogens with zero attached hydrogens (tertiary/aromatic N) is 5. The number of likely N-dealkylation sites (tertiary alicyclic amines) is 1. The first-order valence-electron chi connectivity index (χ1n) is 15.4. The molecule has 0 saturated carbocycles. The number of phenols is 1. The Morgan fingerprint density at radius 3 is 2.59 bits per heavy atom. The van der Waals surface area contributed by atoms with E-state index in [-0.39, 0.29) is 69.4 Å². The van der Waals surface area contributed by atoms with Gasteiger partial charge in [-0.3, -0.25) is 0 Å². The van der Waals surface area contributed by atoms with Crippen molar-refractivity contribution in [2.45, 2.75) is 44.4 Å². The lowest BCUT2D eigenvalue weighted by Crippen LogP contribution is -2.51. The molecular weight excluding hydrogens is 597 g/mol. The number of aromatic hydroxyl groups is 1. The van der Waals surface area contributed by atoms with E-state index in [0.29, 0.717) is 43.8 Å². The van der Waals surface area contributed by atoms with E-state index in [9.17, 15) is 9.50 Å². The minimum Gasteiger partial charge on any atom is -0.508 e. The number of alkyl halides is 1. The van der Waals surface area contributed by atoms with Crippen LogP contribution in [0.5, 0.6) is 17.6 Å². The van der Waals surface area contributed by atoms with Crippen molar-refractivity contribution in [3.63, 3.8) is 0 Å². The summed E-state index contributed by atoms with van der Waals surface area (Å²) in [5, 5.41) is 15.0. The van der Waals surface area contributed by atoms with Crippen molar-refractivity contribution in [1.29, 1.82) is 0 Å². The minimum atomic E-state index is -1.09. The summed E-state index contributed by atoms with van der Waals surface area (Å²) in [7, 11) is 3.35. The maximum absolute atomic E-state index is 17.0. The molecule has 2 N–H and O–H groups in total. The molecule has 7 rings (SSSR count). The number of rotatable bonds is 6. The van der Waals surface area contributed by atoms with Crippen molar-refractivity contribution in [1.82, 2.24) is 25.2 Å². The number of hydrogen-bond donors (Lipinski definition) is 2. The Balaban J connectivity index is 1.43. The number of terminal acetylenes is 1. The van der Waals surface area contributed by atoms with Crippen molar-refractivity contribution in [2.75, 3.05) is 51.8 Å². The number of ether oxygens (including phenoxy) is 2. The Kier molecular flexibility index (Phi) is 7.56. The van der Waals surface area contributed by atoms with E-state index in [1.165, 1.54) is 31.4 Å². The van der Waals surface area contributed by atoms with Gasteiger partial charge in [-0.2, -0.15) is 9.97 Å². The number of fused-ring (bicyclic) bond motifs is 4. The summed E-state index contributed by atoms with van der Waals surface area (Å²) in [6.07, 6.45) is 6.98. The zero-order chi connectivity index (χ0) is 32.3. The molecule has 3 fully saturated rings. The number of pyridine rings is 1. The Morgan fingerprint density at radius 1 is 1.11 bits per heavy atom. The molecule has 9 nitrogen and oxygen atoms in total. The highest BCUT2D eigenvalue weighted by Crippen LogP contribution is 2.43. The summed E-state index contributed by atoms with van der Waals surface area (Å²) in [5.74, 6) is 1.08. The predicted molar refractivity (Wildman–Crippen MR) is 169 cm³/mol. The quantitative estimate of drug-likeness (QED) is 0.290. The first-order chi connectivity index (χ1) is 22.1. The number of piperidine rings is 1. The van der Waals surface area contributed by atoms with Gasteiger partial charge >= 0.3 is 6.01 Å². The monoisotopic (exact) mass is 632 g/mol. The van der Waals surface area contributed by atoms with Gasteiger partial charge in [0.1, 0.15) is 46.8 Å². The van der Waals surface area contributed by atoms with Gasteiger partial charge in [-0.15, -0.1) is 6.42 Å². The predicted octanol–water partition coefficient (Wildman–Crippen LogP) is 4.82. The van der Waals surface area contributed by atoms with Gasteiger partial charge in [0.05, 0.1) is 12.7 Å². The molecule has 3 aliphatic rings. The van der Waals surface area contributed by atoms with Crippen molar-refractivity contribution in [3.05, 3.63) is 41.5 Å². The van der Waals surface area contributed by atoms with Crippen LogP contribution in [0.3, 0.4) is 0 Å². The summed E-state index contributed by atoms with van der Waals surface area (Å²) < 4.78 is 58.9. The summed E-state index contributed by atoms with van der Waals surface area (Å²) >= 11 is 0. The van der Waals surface area contributed by atoms with E-state index >= 15 is 8.78 Å². The number of aromatic nitrogens is 3. The normalized spacial score (nSPS) is 24.8. The van der Waals surface area contributed by atoms with Gasteiger partial charge in [0, 0.05) is 54.6 Å². The van der Waals surface area contributed by atoms with Gasteiger partial charge in [-0.05, 0) is 49.9 Å². The van der Waals surface area contributed by atoms with Gasteiger partial charge in [0.2, 0.25) is 5.88 Å². The molecule has 2 aromatic heterocycles. The van der Waals surface area contributed by atoms with Crippen molar-refractivity contribution >= 4 is 27.5 Å². The van der Waals surface area contributed by atoms with E-state index in [4.69, 9.17) is 20.9 Å². The van der Waals surface area contributed by atoms with Crippen molar-refractivity contribution < 1.29 is 27.8 Å². The van der Waals surface area contributed by atoms with Crippen LogP contribution in [0.4, 0.5) is 19.0 Å². The number of benzene rings is 2. The third-order valence-electron chi connectivity index (χ3n) is 9.56. The number of hydrogen-bond acceptors (Lipinski definition) is 9. The SMILES string of the molecule is C#Cc1c(F)ccc2cc(O)cc(-c3nc(OC)c4c(N5C[C@H]6CC[C@@H](C5)N6)nc(OC[C@]5(C)CN(C)CC[C@@H]5F)nc4c3F)c12. The zero-order valence-electron chi connectivity index (χ0n) is 25.9. The first-order valence-corrected chi connectivity index (χ1v) is 15.4. The standard InChI is InChI=1S/C34H35F3N6O3/c1-5-22-24(35)9-6-18-12-21(44)13-23(26(18)22)29-28(37)30-27(32(39-29)45-4)31(43-14-19-7-8-20(15-43)38-19)41-33(40-30)46-17-34(2)16-42(3)11-10-25(34)36/h1,6,9,12-13,19-20,25,38,44H,7-8,10-11,14-17H2,2-4H3/t19-,20+,25-,34-/m0/s1. The third kappa shape index (κ3) is 5.11. The van der Waals surface area contributed by atoms with Gasteiger partial charge < -0.3 is 29.7 Å². The Hall–Kier alpha value is -4.34. The number of piperazine rings is 1. The van der Waals surface area contributed by atoms with E-state index in [0.717, 1.165) is 12.8 Å². The molecule has 2 aromatic carbocycles. The lowest BCUT2D eigenvalue weighted by Gasteiger charge is -2.40. The Bertz CT molecular complexity index is 1890. The number of methoxy groups -OCH3 is 1. The average Bonchev–Trinajstić information content (AvgIpc) is 3.38. The second kappa shape index (κ2) is 11.5. The van der Waals surface area contributed by atoms with Crippen LogP contribution in [0.25, 0.3) is 32.9 Å². The van der Waals surface area contributed by atoms with Crippen LogP contribution in [0, 0.1) is 29.4 Å². The maximum Gasteiger partial charge on any atom is 0.319 e. The molecule has 4 aromatic rings. The second-order valence-corrected chi connectivity index (χ2v) is 13.0. The Morgan fingerprint density at radius 2 is 1.87 bits per heavy atom. The second-order valence-electron chi connectivity index (χ2n) is 13.0. The molecule has 2 bridgehead atoms. The molecule has 46 heavy (non-hydrogen) atoms. The zero-order valence-corrected chi connectivity index (χ0v) is 25.9. The van der Waals surface area contributed by atoms with Crippen LogP contribution < -0.4 is 19.7 Å². The van der Waals surface area contributed by atoms with Crippen LogP contribution in [0.1, 0.15) is 31.7 Å². The highest BCUT2D eigenvalue weighted by atomic mass is 19.1. The summed E-state index contributed by atoms with van der Waals surface area (Å²) in [5.41, 5.74) is -1.22. The molecule has 0 amide bonds. The Labute approximate surface area is 264 Å². The molecule has 4 atom stereocenters. The molecule has 0 aliphatic carbocycles. The van der Waals surface area contributed by atoms with Gasteiger partial charge in [-0.1, -0.05) is 18.9 Å². The number of nitrogens with one attached hydrogen (secondary N) is 1. The molecule has 240 valence electrons. The van der Waals surface area contributed by atoms with Crippen LogP contribution in [-0.4, -0.2) is 90.2 Å². The van der Waals surface area contributed by atoms with Gasteiger partial charge in [-0.25, -0.2) is 18.2 Å². The van der Waals surface area contributed by atoms with E-state index in [2.05, 4.69) is 31.0 Å². The molecule has 3 saturated heterocycles. The van der Waals surface area contributed by atoms with E-state index < -0.39 is 23.2 Å². The summed E-state index contributed by atoms with van der Waals surface area (Å²) in [4.78, 5) is 17.9. The van der Waals surface area contributed by atoms with Crippen LogP contribution in [0.15, 0.2) is 24.3 Å². The smallest absolute Gasteiger partial charge is 0.319 e. The number of phenolic OH excluding ortho intramolecular Hbond substituents is 1. The lowest BCUT2D eigenvalue weighted by molar-refractivity contribution is -0.00844. The number of anilines is 1. The van der Waals surface area contributed by atoms with Crippen molar-refractivity contribution in [2.24, 2.45) is 5.41 Å². The van der Waals surface area contributed by atoms with Crippen molar-refractivity contribution in [3.8, 4) is 41.2 Å². The summed E-state index contributed by atoms with van der Waals surface area (Å²) in [6.45, 7) is 4.16. The molecule has 0 spiro atoms. The fourth-order valence-corrected chi connectivity index (χ4v) is 7.29.